The molecule has 0 fully saturated rings. The number of hydrogen-bond donors (Lipinski definition) is 2. The zero-order chi connectivity index (χ0) is 14.4. The van der Waals surface area contributed by atoms with Gasteiger partial charge in [-0.05, 0) is 56.0 Å². The van der Waals surface area contributed by atoms with Crippen molar-refractivity contribution in [3.8, 4) is 5.75 Å². The van der Waals surface area contributed by atoms with Crippen molar-refractivity contribution >= 4 is 23.2 Å². The highest BCUT2D eigenvalue weighted by Crippen LogP contribution is 2.34. The lowest BCUT2D eigenvalue weighted by Gasteiger charge is -2.22. The molecule has 108 valence electrons. The van der Waals surface area contributed by atoms with E-state index >= 15 is 0 Å². The smallest absolute Gasteiger partial charge is 0.141 e. The van der Waals surface area contributed by atoms with Gasteiger partial charge in [0.2, 0.25) is 0 Å². The zero-order valence-electron chi connectivity index (χ0n) is 11.5. The van der Waals surface area contributed by atoms with Gasteiger partial charge in [-0.2, -0.15) is 0 Å². The van der Waals surface area contributed by atoms with Crippen LogP contribution in [0.3, 0.4) is 0 Å². The van der Waals surface area contributed by atoms with E-state index in [1.165, 1.54) is 0 Å². The van der Waals surface area contributed by atoms with Crippen molar-refractivity contribution in [1.29, 1.82) is 0 Å². The van der Waals surface area contributed by atoms with Crippen molar-refractivity contribution in [1.82, 2.24) is 0 Å². The first-order valence-corrected chi connectivity index (χ1v) is 7.29. The summed E-state index contributed by atoms with van der Waals surface area (Å²) in [6.45, 7) is 5.79. The van der Waals surface area contributed by atoms with Crippen LogP contribution in [-0.4, -0.2) is 19.7 Å². The molecule has 0 saturated heterocycles. The Kier molecular flexibility index (Phi) is 6.94. The predicted molar refractivity (Wildman–Crippen MR) is 82.1 cm³/mol. The molecule has 5 heteroatoms. The van der Waals surface area contributed by atoms with Crippen LogP contribution in [0, 0.1) is 11.8 Å². The summed E-state index contributed by atoms with van der Waals surface area (Å²) in [5.41, 5.74) is 12.5. The number of halogens is 2. The molecule has 1 atom stereocenters. The highest BCUT2D eigenvalue weighted by atomic mass is 35.5. The van der Waals surface area contributed by atoms with Gasteiger partial charge in [0.1, 0.15) is 5.75 Å². The molecule has 3 nitrogen and oxygen atoms in total. The van der Waals surface area contributed by atoms with E-state index in [1.807, 2.05) is 13.0 Å². The second-order valence-electron chi connectivity index (χ2n) is 4.72. The van der Waals surface area contributed by atoms with E-state index in [2.05, 4.69) is 6.92 Å². The van der Waals surface area contributed by atoms with Gasteiger partial charge in [-0.1, -0.05) is 30.1 Å². The van der Waals surface area contributed by atoms with E-state index in [0.717, 1.165) is 12.0 Å². The van der Waals surface area contributed by atoms with Crippen LogP contribution in [0.2, 0.25) is 10.0 Å². The van der Waals surface area contributed by atoms with E-state index in [9.17, 15) is 0 Å². The summed E-state index contributed by atoms with van der Waals surface area (Å²) < 4.78 is 5.62. The van der Waals surface area contributed by atoms with E-state index in [-0.39, 0.29) is 5.92 Å². The average Bonchev–Trinajstić information content (AvgIpc) is 2.35. The standard InChI is InChI=1S/C14H22Cl2N2O/c1-3-19-14-10(5-12(15)6-13(14)16)4-9(2)11(7-17)8-18/h5-6,9,11H,3-4,7-8,17-18H2,1-2H3. The van der Waals surface area contributed by atoms with Crippen LogP contribution < -0.4 is 16.2 Å². The lowest BCUT2D eigenvalue weighted by Crippen LogP contribution is -2.30. The normalized spacial score (nSPS) is 12.8. The third kappa shape index (κ3) is 4.53. The van der Waals surface area contributed by atoms with Gasteiger partial charge in [0.15, 0.2) is 0 Å². The van der Waals surface area contributed by atoms with Crippen LogP contribution in [-0.2, 0) is 6.42 Å². The average molecular weight is 305 g/mol. The second kappa shape index (κ2) is 7.95. The highest BCUT2D eigenvalue weighted by molar-refractivity contribution is 6.35. The van der Waals surface area contributed by atoms with E-state index < -0.39 is 0 Å². The molecule has 1 aromatic carbocycles. The van der Waals surface area contributed by atoms with Gasteiger partial charge >= 0.3 is 0 Å². The number of ether oxygens (including phenoxy) is 1. The highest BCUT2D eigenvalue weighted by Gasteiger charge is 2.18. The maximum absolute atomic E-state index is 6.19. The van der Waals surface area contributed by atoms with E-state index in [4.69, 9.17) is 39.4 Å². The van der Waals surface area contributed by atoms with Crippen molar-refractivity contribution in [2.24, 2.45) is 23.3 Å². The fourth-order valence-electron chi connectivity index (χ4n) is 2.15. The Bertz CT molecular complexity index is 409. The monoisotopic (exact) mass is 304 g/mol. The third-order valence-electron chi connectivity index (χ3n) is 3.33. The molecule has 0 radical (unpaired) electrons. The molecule has 1 unspecified atom stereocenters. The minimum absolute atomic E-state index is 0.284. The Morgan fingerprint density at radius 2 is 1.84 bits per heavy atom. The fourth-order valence-corrected chi connectivity index (χ4v) is 2.74. The van der Waals surface area contributed by atoms with Crippen molar-refractivity contribution < 1.29 is 4.74 Å². The predicted octanol–water partition coefficient (Wildman–Crippen LogP) is 3.10. The molecule has 0 saturated carbocycles. The minimum Gasteiger partial charge on any atom is -0.492 e. The maximum Gasteiger partial charge on any atom is 0.141 e. The first kappa shape index (κ1) is 16.6. The van der Waals surface area contributed by atoms with Crippen molar-refractivity contribution in [3.05, 3.63) is 27.7 Å². The third-order valence-corrected chi connectivity index (χ3v) is 3.83. The summed E-state index contributed by atoms with van der Waals surface area (Å²) in [5.74, 6) is 1.35. The molecular weight excluding hydrogens is 283 g/mol. The fraction of sp³-hybridized carbons (Fsp3) is 0.571. The summed E-state index contributed by atoms with van der Waals surface area (Å²) in [6.07, 6.45) is 0.800. The summed E-state index contributed by atoms with van der Waals surface area (Å²) in [4.78, 5) is 0. The maximum atomic E-state index is 6.19. The van der Waals surface area contributed by atoms with Gasteiger partial charge in [-0.15, -0.1) is 0 Å². The molecule has 19 heavy (non-hydrogen) atoms. The van der Waals surface area contributed by atoms with Gasteiger partial charge in [0.05, 0.1) is 11.6 Å². The molecule has 1 aromatic rings. The number of rotatable bonds is 7. The molecule has 0 aromatic heterocycles. The van der Waals surface area contributed by atoms with Crippen molar-refractivity contribution in [3.63, 3.8) is 0 Å². The number of benzene rings is 1. The van der Waals surface area contributed by atoms with Crippen molar-refractivity contribution in [2.75, 3.05) is 19.7 Å². The molecular formula is C14H22Cl2N2O. The quantitative estimate of drug-likeness (QED) is 0.813. The Hall–Kier alpha value is -0.480. The molecule has 0 aliphatic heterocycles. The summed E-state index contributed by atoms with van der Waals surface area (Å²) in [7, 11) is 0. The molecule has 0 heterocycles. The van der Waals surface area contributed by atoms with E-state index in [0.29, 0.717) is 41.4 Å². The Morgan fingerprint density at radius 1 is 1.21 bits per heavy atom. The lowest BCUT2D eigenvalue weighted by atomic mass is 9.88. The minimum atomic E-state index is 0.284. The van der Waals surface area contributed by atoms with Gasteiger partial charge < -0.3 is 16.2 Å². The van der Waals surface area contributed by atoms with Gasteiger partial charge in [-0.3, -0.25) is 0 Å². The topological polar surface area (TPSA) is 61.3 Å². The van der Waals surface area contributed by atoms with Crippen LogP contribution in [0.25, 0.3) is 0 Å². The van der Waals surface area contributed by atoms with Gasteiger partial charge in [0.25, 0.3) is 0 Å². The number of nitrogens with two attached hydrogens (primary N) is 2. The molecule has 0 amide bonds. The van der Waals surface area contributed by atoms with Crippen LogP contribution in [0.15, 0.2) is 12.1 Å². The first-order chi connectivity index (χ1) is 9.03. The molecule has 4 N–H and O–H groups in total. The molecule has 0 aliphatic carbocycles. The first-order valence-electron chi connectivity index (χ1n) is 6.54. The largest absolute Gasteiger partial charge is 0.492 e. The van der Waals surface area contributed by atoms with E-state index in [1.54, 1.807) is 6.07 Å². The second-order valence-corrected chi connectivity index (χ2v) is 5.57. The Labute approximate surface area is 125 Å². The van der Waals surface area contributed by atoms with Gasteiger partial charge in [-0.25, -0.2) is 0 Å². The Balaban J connectivity index is 2.98. The summed E-state index contributed by atoms with van der Waals surface area (Å²) in [5, 5.41) is 1.17. The van der Waals surface area contributed by atoms with Crippen molar-refractivity contribution in [2.45, 2.75) is 20.3 Å². The molecule has 0 aliphatic rings. The Morgan fingerprint density at radius 3 is 2.37 bits per heavy atom. The molecule has 0 bridgehead atoms. The lowest BCUT2D eigenvalue weighted by molar-refractivity contribution is 0.326. The van der Waals surface area contributed by atoms with Crippen LogP contribution in [0.1, 0.15) is 19.4 Å². The zero-order valence-corrected chi connectivity index (χ0v) is 13.0. The van der Waals surface area contributed by atoms with Crippen LogP contribution >= 0.6 is 23.2 Å². The summed E-state index contributed by atoms with van der Waals surface area (Å²) >= 11 is 12.2. The molecule has 1 rings (SSSR count). The number of hydrogen-bond acceptors (Lipinski definition) is 3. The molecule has 0 spiro atoms. The van der Waals surface area contributed by atoms with Crippen LogP contribution in [0.5, 0.6) is 5.75 Å². The SMILES string of the molecule is CCOc1c(Cl)cc(Cl)cc1CC(C)C(CN)CN. The van der Waals surface area contributed by atoms with Crippen LogP contribution in [0.4, 0.5) is 0 Å². The summed E-state index contributed by atoms with van der Waals surface area (Å²) in [6, 6.07) is 3.60. The van der Waals surface area contributed by atoms with Gasteiger partial charge in [0, 0.05) is 5.02 Å².